The van der Waals surface area contributed by atoms with Gasteiger partial charge in [0.2, 0.25) is 10.0 Å². The Morgan fingerprint density at radius 1 is 1.14 bits per heavy atom. The summed E-state index contributed by atoms with van der Waals surface area (Å²) in [5, 5.41) is 0. The molecule has 0 amide bonds. The minimum Gasteiger partial charge on any atom is -0.399 e. The van der Waals surface area contributed by atoms with Crippen molar-refractivity contribution in [2.24, 2.45) is 0 Å². The zero-order valence-corrected chi connectivity index (χ0v) is 12.0. The summed E-state index contributed by atoms with van der Waals surface area (Å²) >= 11 is 0. The predicted molar refractivity (Wildman–Crippen MR) is 76.0 cm³/mol. The van der Waals surface area contributed by atoms with Gasteiger partial charge in [0.15, 0.2) is 11.6 Å². The van der Waals surface area contributed by atoms with Crippen molar-refractivity contribution in [2.75, 3.05) is 5.73 Å². The number of hydrogen-bond donors (Lipinski definition) is 2. The highest BCUT2D eigenvalue weighted by Gasteiger charge is 2.16. The van der Waals surface area contributed by atoms with E-state index in [0.717, 1.165) is 17.7 Å². The second-order valence-electron chi connectivity index (χ2n) is 4.53. The van der Waals surface area contributed by atoms with E-state index < -0.39 is 21.7 Å². The number of nitrogens with two attached hydrogens (primary N) is 1. The average molecular weight is 312 g/mol. The second kappa shape index (κ2) is 5.79. The monoisotopic (exact) mass is 312 g/mol. The summed E-state index contributed by atoms with van der Waals surface area (Å²) in [5.74, 6) is -2.31. The average Bonchev–Trinajstić information content (AvgIpc) is 2.43. The zero-order chi connectivity index (χ0) is 15.6. The number of sulfonamides is 1. The van der Waals surface area contributed by atoms with Crippen LogP contribution >= 0.6 is 0 Å². The number of nitrogens with one attached hydrogen (secondary N) is 1. The van der Waals surface area contributed by atoms with Gasteiger partial charge in [0.25, 0.3) is 0 Å². The first-order valence-corrected chi connectivity index (χ1v) is 7.58. The summed E-state index contributed by atoms with van der Waals surface area (Å²) in [4.78, 5) is -0.331. The van der Waals surface area contributed by atoms with Gasteiger partial charge >= 0.3 is 0 Å². The van der Waals surface area contributed by atoms with Gasteiger partial charge in [-0.2, -0.15) is 0 Å². The first kappa shape index (κ1) is 15.4. The molecule has 0 aliphatic rings. The quantitative estimate of drug-likeness (QED) is 0.851. The fourth-order valence-corrected chi connectivity index (χ4v) is 2.81. The fourth-order valence-electron chi connectivity index (χ4n) is 1.79. The van der Waals surface area contributed by atoms with E-state index in [1.165, 1.54) is 0 Å². The van der Waals surface area contributed by atoms with E-state index in [1.807, 2.05) is 0 Å². The Labute approximate surface area is 121 Å². The number of anilines is 1. The lowest BCUT2D eigenvalue weighted by molar-refractivity contribution is 0.504. The van der Waals surface area contributed by atoms with Gasteiger partial charge in [0.1, 0.15) is 0 Å². The van der Waals surface area contributed by atoms with Crippen LogP contribution in [0.4, 0.5) is 14.5 Å². The van der Waals surface area contributed by atoms with Crippen LogP contribution in [0.15, 0.2) is 41.3 Å². The lowest BCUT2D eigenvalue weighted by Gasteiger charge is -2.10. The molecule has 0 spiro atoms. The summed E-state index contributed by atoms with van der Waals surface area (Å²) in [6.45, 7) is 1.79. The summed E-state index contributed by atoms with van der Waals surface area (Å²) < 4.78 is 52.3. The van der Waals surface area contributed by atoms with Gasteiger partial charge in [-0.3, -0.25) is 0 Å². The van der Waals surface area contributed by atoms with Crippen LogP contribution in [-0.2, 0) is 16.6 Å². The number of halogens is 2. The van der Waals surface area contributed by atoms with Crippen LogP contribution in [0.25, 0.3) is 0 Å². The maximum Gasteiger partial charge on any atom is 0.240 e. The van der Waals surface area contributed by atoms with E-state index in [4.69, 9.17) is 5.73 Å². The zero-order valence-electron chi connectivity index (χ0n) is 11.2. The number of benzene rings is 2. The Bertz CT molecular complexity index is 777. The molecule has 0 unspecified atom stereocenters. The molecule has 0 atom stereocenters. The van der Waals surface area contributed by atoms with Crippen molar-refractivity contribution in [3.63, 3.8) is 0 Å². The van der Waals surface area contributed by atoms with E-state index in [-0.39, 0.29) is 11.4 Å². The first-order valence-electron chi connectivity index (χ1n) is 6.10. The van der Waals surface area contributed by atoms with Crippen molar-refractivity contribution in [1.82, 2.24) is 4.72 Å². The lowest BCUT2D eigenvalue weighted by atomic mass is 10.1. The van der Waals surface area contributed by atoms with Crippen LogP contribution in [0.3, 0.4) is 0 Å². The van der Waals surface area contributed by atoms with Crippen molar-refractivity contribution in [3.8, 4) is 0 Å². The highest BCUT2D eigenvalue weighted by atomic mass is 32.2. The Morgan fingerprint density at radius 3 is 2.52 bits per heavy atom. The van der Waals surface area contributed by atoms with Gasteiger partial charge in [-0.1, -0.05) is 12.1 Å². The van der Waals surface area contributed by atoms with Crippen molar-refractivity contribution >= 4 is 15.7 Å². The maximum absolute atomic E-state index is 13.1. The van der Waals surface area contributed by atoms with E-state index in [1.54, 1.807) is 25.1 Å². The van der Waals surface area contributed by atoms with Crippen molar-refractivity contribution in [3.05, 3.63) is 59.2 Å². The van der Waals surface area contributed by atoms with Gasteiger partial charge in [-0.05, 0) is 42.3 Å². The van der Waals surface area contributed by atoms with Crippen molar-refractivity contribution < 1.29 is 17.2 Å². The van der Waals surface area contributed by atoms with Gasteiger partial charge in [0.05, 0.1) is 4.90 Å². The number of hydrogen-bond acceptors (Lipinski definition) is 3. The Morgan fingerprint density at radius 2 is 1.86 bits per heavy atom. The van der Waals surface area contributed by atoms with E-state index in [9.17, 15) is 17.2 Å². The van der Waals surface area contributed by atoms with Gasteiger partial charge in [-0.15, -0.1) is 0 Å². The van der Waals surface area contributed by atoms with Crippen LogP contribution in [0.1, 0.15) is 11.1 Å². The largest absolute Gasteiger partial charge is 0.399 e. The van der Waals surface area contributed by atoms with Gasteiger partial charge in [-0.25, -0.2) is 21.9 Å². The minimum absolute atomic E-state index is 0.0121. The Hall–Kier alpha value is -1.99. The van der Waals surface area contributed by atoms with Crippen LogP contribution in [0, 0.1) is 18.6 Å². The lowest BCUT2D eigenvalue weighted by Crippen LogP contribution is -2.24. The molecule has 2 aromatic carbocycles. The third kappa shape index (κ3) is 3.37. The standard InChI is InChI=1S/C14H14F2N2O2S/c1-9-10(3-2-4-14(9)17)8-18-21(19,20)11-5-6-12(15)13(16)7-11/h2-7,18H,8,17H2,1H3. The second-order valence-corrected chi connectivity index (χ2v) is 6.30. The fraction of sp³-hybridized carbons (Fsp3) is 0.143. The summed E-state index contributed by atoms with van der Waals surface area (Å²) in [7, 11) is -3.92. The molecule has 0 bridgehead atoms. The molecule has 0 aliphatic heterocycles. The molecule has 2 aromatic rings. The van der Waals surface area contributed by atoms with Gasteiger partial charge < -0.3 is 5.73 Å². The van der Waals surface area contributed by atoms with Crippen molar-refractivity contribution in [2.45, 2.75) is 18.4 Å². The maximum atomic E-state index is 13.1. The first-order chi connectivity index (χ1) is 9.81. The van der Waals surface area contributed by atoms with Crippen LogP contribution in [0.5, 0.6) is 0 Å². The summed E-state index contributed by atoms with van der Waals surface area (Å²) in [5.41, 5.74) is 7.77. The molecule has 0 aromatic heterocycles. The topological polar surface area (TPSA) is 72.2 Å². The predicted octanol–water partition coefficient (Wildman–Crippen LogP) is 2.33. The Kier molecular flexibility index (Phi) is 4.24. The highest BCUT2D eigenvalue weighted by molar-refractivity contribution is 7.89. The van der Waals surface area contributed by atoms with Gasteiger partial charge in [0, 0.05) is 12.2 Å². The molecular formula is C14H14F2N2O2S. The molecule has 0 saturated carbocycles. The molecule has 7 heteroatoms. The molecule has 0 aliphatic carbocycles. The SMILES string of the molecule is Cc1c(N)cccc1CNS(=O)(=O)c1ccc(F)c(F)c1. The molecule has 0 fully saturated rings. The molecule has 0 heterocycles. The van der Waals surface area contributed by atoms with Crippen molar-refractivity contribution in [1.29, 1.82) is 0 Å². The van der Waals surface area contributed by atoms with Crippen LogP contribution < -0.4 is 10.5 Å². The molecule has 0 saturated heterocycles. The minimum atomic E-state index is -3.92. The molecule has 0 radical (unpaired) electrons. The molecule has 2 rings (SSSR count). The highest BCUT2D eigenvalue weighted by Crippen LogP contribution is 2.17. The third-order valence-electron chi connectivity index (χ3n) is 3.14. The van der Waals surface area contributed by atoms with Crippen LogP contribution in [-0.4, -0.2) is 8.42 Å². The molecule has 112 valence electrons. The molecular weight excluding hydrogens is 298 g/mol. The normalized spacial score (nSPS) is 11.6. The van der Waals surface area contributed by atoms with Crippen LogP contribution in [0.2, 0.25) is 0 Å². The molecule has 3 N–H and O–H groups in total. The Balaban J connectivity index is 2.22. The smallest absolute Gasteiger partial charge is 0.240 e. The number of rotatable bonds is 4. The summed E-state index contributed by atoms with van der Waals surface area (Å²) in [6.07, 6.45) is 0. The third-order valence-corrected chi connectivity index (χ3v) is 4.54. The van der Waals surface area contributed by atoms with E-state index >= 15 is 0 Å². The van der Waals surface area contributed by atoms with E-state index in [2.05, 4.69) is 4.72 Å². The molecule has 4 nitrogen and oxygen atoms in total. The number of nitrogen functional groups attached to an aromatic ring is 1. The molecule has 21 heavy (non-hydrogen) atoms. The van der Waals surface area contributed by atoms with E-state index in [0.29, 0.717) is 17.3 Å². The summed E-state index contributed by atoms with van der Waals surface area (Å²) in [6, 6.07) is 7.58.